The second-order valence-electron chi connectivity index (χ2n) is 2.48. The van der Waals surface area contributed by atoms with Gasteiger partial charge in [0.15, 0.2) is 0 Å². The largest absolute Gasteiger partial charge is 0.303 e. The Labute approximate surface area is 86.7 Å². The van der Waals surface area contributed by atoms with Gasteiger partial charge < -0.3 is 4.79 Å². The van der Waals surface area contributed by atoms with Crippen LogP contribution < -0.4 is 0 Å². The van der Waals surface area contributed by atoms with Crippen LogP contribution in [0.15, 0.2) is 0 Å². The van der Waals surface area contributed by atoms with Gasteiger partial charge in [-0.05, 0) is 0 Å². The molecular weight excluding hydrogens is 192 g/mol. The molecule has 0 unspecified atom stereocenters. The van der Waals surface area contributed by atoms with Crippen molar-refractivity contribution in [2.24, 2.45) is 0 Å². The highest BCUT2D eigenvalue weighted by Crippen LogP contribution is 2.50. The van der Waals surface area contributed by atoms with E-state index in [9.17, 15) is 4.79 Å². The average molecular weight is 193 g/mol. The van der Waals surface area contributed by atoms with E-state index in [1.807, 2.05) is 0 Å². The van der Waals surface area contributed by atoms with Crippen molar-refractivity contribution >= 4 is 6.29 Å². The van der Waals surface area contributed by atoms with Gasteiger partial charge in [-0.2, -0.15) is 21.0 Å². The van der Waals surface area contributed by atoms with Crippen molar-refractivity contribution < 1.29 is 4.79 Å². The minimum atomic E-state index is -0.210. The van der Waals surface area contributed by atoms with E-state index < -0.39 is 0 Å². The minimum Gasteiger partial charge on any atom is -0.303 e. The topological polar surface area (TPSA) is 112 Å². The average Bonchev–Trinajstić information content (AvgIpc) is 2.59. The molecule has 1 aliphatic carbocycles. The Kier molecular flexibility index (Phi) is 3.02. The second-order valence-corrected chi connectivity index (χ2v) is 2.48. The summed E-state index contributed by atoms with van der Waals surface area (Å²) < 4.78 is 0. The van der Waals surface area contributed by atoms with Gasteiger partial charge in [-0.15, -0.1) is 0 Å². The number of nitrogens with zero attached hydrogens (tertiary/aromatic N) is 4. The fourth-order valence-electron chi connectivity index (χ4n) is 1.22. The lowest BCUT2D eigenvalue weighted by atomic mass is 9.90. The third-order valence-electron chi connectivity index (χ3n) is 1.85. The van der Waals surface area contributed by atoms with E-state index in [1.54, 1.807) is 24.3 Å². The Bertz CT molecular complexity index is 392. The van der Waals surface area contributed by atoms with Crippen LogP contribution in [-0.2, 0) is 4.79 Å². The molecular formula is C10HN4O. The molecule has 0 aromatic rings. The maximum absolute atomic E-state index is 10.6. The zero-order valence-electron chi connectivity index (χ0n) is 7.27. The van der Waals surface area contributed by atoms with Crippen molar-refractivity contribution in [1.29, 1.82) is 21.0 Å². The van der Waals surface area contributed by atoms with Crippen molar-refractivity contribution in [3.05, 3.63) is 29.6 Å². The van der Waals surface area contributed by atoms with Crippen LogP contribution in [-0.4, -0.2) is 6.29 Å². The Balaban J connectivity index is 3.20. The molecule has 5 nitrogen and oxygen atoms in total. The molecule has 1 rings (SSSR count). The molecule has 0 aromatic heterocycles. The molecule has 0 aromatic carbocycles. The lowest BCUT2D eigenvalue weighted by Crippen LogP contribution is -2.10. The highest BCUT2D eigenvalue weighted by atomic mass is 16.1. The molecule has 1 fully saturated rings. The number of nitriles is 4. The van der Waals surface area contributed by atoms with Crippen LogP contribution in [0.4, 0.5) is 0 Å². The second kappa shape index (κ2) is 4.23. The van der Waals surface area contributed by atoms with Crippen molar-refractivity contribution in [2.75, 3.05) is 0 Å². The van der Waals surface area contributed by atoms with E-state index in [1.165, 1.54) is 0 Å². The van der Waals surface area contributed by atoms with Crippen molar-refractivity contribution in [1.82, 2.24) is 0 Å². The molecule has 0 heterocycles. The molecule has 0 spiro atoms. The summed E-state index contributed by atoms with van der Waals surface area (Å²) in [5, 5.41) is 34.8. The van der Waals surface area contributed by atoms with Crippen LogP contribution >= 0.6 is 0 Å². The first kappa shape index (κ1) is 10.7. The van der Waals surface area contributed by atoms with Gasteiger partial charge in [0, 0.05) is 0 Å². The van der Waals surface area contributed by atoms with Gasteiger partial charge in [-0.1, -0.05) is 0 Å². The first-order chi connectivity index (χ1) is 7.24. The number of carbonyl (C=O) groups is 1. The van der Waals surface area contributed by atoms with Gasteiger partial charge in [0.1, 0.15) is 30.0 Å². The summed E-state index contributed by atoms with van der Waals surface area (Å²) in [6.45, 7) is 0. The third-order valence-corrected chi connectivity index (χ3v) is 1.85. The first-order valence-corrected chi connectivity index (χ1v) is 3.67. The SMILES string of the molecule is N#C[C]1[C](C#N)[C](C#N)[C](C=O)[C]1C#N. The molecule has 5 radical (unpaired) electrons. The van der Waals surface area contributed by atoms with E-state index in [4.69, 9.17) is 21.0 Å². The van der Waals surface area contributed by atoms with Crippen molar-refractivity contribution in [3.8, 4) is 24.3 Å². The first-order valence-electron chi connectivity index (χ1n) is 3.67. The Hall–Kier alpha value is -2.37. The van der Waals surface area contributed by atoms with Crippen LogP contribution in [0.2, 0.25) is 0 Å². The van der Waals surface area contributed by atoms with E-state index >= 15 is 0 Å². The van der Waals surface area contributed by atoms with Gasteiger partial charge in [-0.3, -0.25) is 0 Å². The normalized spacial score (nSPS) is 20.0. The van der Waals surface area contributed by atoms with Crippen LogP contribution in [0.25, 0.3) is 0 Å². The zero-order chi connectivity index (χ0) is 11.4. The maximum atomic E-state index is 10.6. The van der Waals surface area contributed by atoms with Crippen molar-refractivity contribution in [3.63, 3.8) is 0 Å². The lowest BCUT2D eigenvalue weighted by Gasteiger charge is -2.04. The van der Waals surface area contributed by atoms with Gasteiger partial charge >= 0.3 is 0 Å². The molecule has 15 heavy (non-hydrogen) atoms. The molecule has 0 bridgehead atoms. The standard InChI is InChI=1S/C10HN4O/c11-1-6-7(2-12)9(4-14)10(5-15)8(6)3-13/h5H. The van der Waals surface area contributed by atoms with E-state index in [0.29, 0.717) is 6.29 Å². The highest BCUT2D eigenvalue weighted by molar-refractivity contribution is 5.94. The predicted molar refractivity (Wildman–Crippen MR) is 44.7 cm³/mol. The van der Waals surface area contributed by atoms with Gasteiger partial charge in [0.25, 0.3) is 0 Å². The van der Waals surface area contributed by atoms with E-state index in [2.05, 4.69) is 0 Å². The summed E-state index contributed by atoms with van der Waals surface area (Å²) in [7, 11) is 0. The van der Waals surface area contributed by atoms with Gasteiger partial charge in [0.2, 0.25) is 0 Å². The summed E-state index contributed by atoms with van der Waals surface area (Å²) in [4.78, 5) is 10.6. The van der Waals surface area contributed by atoms with Crippen LogP contribution in [0.3, 0.4) is 0 Å². The molecule has 0 amide bonds. The lowest BCUT2D eigenvalue weighted by molar-refractivity contribution is -0.106. The minimum absolute atomic E-state index is 0.187. The molecule has 1 aliphatic rings. The maximum Gasteiger partial charge on any atom is 0.130 e. The molecule has 1 saturated carbocycles. The van der Waals surface area contributed by atoms with Crippen LogP contribution in [0, 0.1) is 74.9 Å². The number of hydrogen-bond donors (Lipinski definition) is 0. The number of rotatable bonds is 1. The fraction of sp³-hybridized carbons (Fsp3) is 0. The number of hydrogen-bond acceptors (Lipinski definition) is 5. The molecule has 0 N–H and O–H groups in total. The molecule has 67 valence electrons. The quantitative estimate of drug-likeness (QED) is 0.550. The van der Waals surface area contributed by atoms with E-state index in [0.717, 1.165) is 0 Å². The predicted octanol–water partition coefficient (Wildman–Crippen LogP) is 0.166. The summed E-state index contributed by atoms with van der Waals surface area (Å²) in [6, 6.07) is 6.56. The highest BCUT2D eigenvalue weighted by Gasteiger charge is 2.55. The van der Waals surface area contributed by atoms with Gasteiger partial charge in [-0.25, -0.2) is 0 Å². The zero-order valence-corrected chi connectivity index (χ0v) is 7.27. The Morgan fingerprint density at radius 3 is 1.27 bits per heavy atom. The molecule has 0 aliphatic heterocycles. The number of aldehydes is 1. The summed E-state index contributed by atoms with van der Waals surface area (Å²) >= 11 is 0. The van der Waals surface area contributed by atoms with Crippen molar-refractivity contribution in [2.45, 2.75) is 0 Å². The molecule has 5 heteroatoms. The number of carbonyl (C=O) groups excluding carboxylic acids is 1. The summed E-state index contributed by atoms with van der Waals surface area (Å²) in [5.41, 5.74) is 0. The molecule has 0 saturated heterocycles. The summed E-state index contributed by atoms with van der Waals surface area (Å²) in [6.07, 6.45) is 0.304. The third kappa shape index (κ3) is 1.41. The van der Waals surface area contributed by atoms with E-state index in [-0.39, 0.29) is 29.6 Å². The monoisotopic (exact) mass is 193 g/mol. The van der Waals surface area contributed by atoms with Crippen LogP contribution in [0.1, 0.15) is 0 Å². The fourth-order valence-corrected chi connectivity index (χ4v) is 1.22. The smallest absolute Gasteiger partial charge is 0.130 e. The Morgan fingerprint density at radius 2 is 1.07 bits per heavy atom. The summed E-state index contributed by atoms with van der Waals surface area (Å²) in [5.74, 6) is -1.02. The van der Waals surface area contributed by atoms with Gasteiger partial charge in [0.05, 0.1) is 30.2 Å². The Morgan fingerprint density at radius 1 is 0.733 bits per heavy atom. The van der Waals surface area contributed by atoms with Crippen LogP contribution in [0.5, 0.6) is 0 Å². The molecule has 0 atom stereocenters.